The van der Waals surface area contributed by atoms with Crippen LogP contribution in [0.1, 0.15) is 0 Å². The fraction of sp³-hybridized carbons (Fsp3) is 0.333. The molecule has 0 saturated heterocycles. The zero-order chi connectivity index (χ0) is 8.48. The SMILES string of the molecule is Cn1[c]ccc1OC(F)(F)F. The van der Waals surface area contributed by atoms with Gasteiger partial charge in [-0.15, -0.1) is 13.2 Å². The highest BCUT2D eigenvalue weighted by atomic mass is 19.4. The Hall–Kier alpha value is -1.13. The van der Waals surface area contributed by atoms with E-state index in [1.165, 1.54) is 19.2 Å². The van der Waals surface area contributed by atoms with Crippen LogP contribution in [0.2, 0.25) is 0 Å². The lowest BCUT2D eigenvalue weighted by molar-refractivity contribution is -0.276. The molecule has 1 rings (SSSR count). The lowest BCUT2D eigenvalue weighted by Crippen LogP contribution is -2.18. The first-order chi connectivity index (χ1) is 4.99. The molecule has 11 heavy (non-hydrogen) atoms. The zero-order valence-corrected chi connectivity index (χ0v) is 5.64. The molecule has 0 aliphatic rings. The van der Waals surface area contributed by atoms with Crippen molar-refractivity contribution >= 4 is 0 Å². The normalized spacial score (nSPS) is 11.6. The molecule has 0 spiro atoms. The van der Waals surface area contributed by atoms with Crippen molar-refractivity contribution in [3.05, 3.63) is 18.3 Å². The van der Waals surface area contributed by atoms with E-state index < -0.39 is 6.36 Å². The largest absolute Gasteiger partial charge is 0.574 e. The van der Waals surface area contributed by atoms with E-state index in [9.17, 15) is 13.2 Å². The number of nitrogens with zero attached hydrogens (tertiary/aromatic N) is 1. The first-order valence-electron chi connectivity index (χ1n) is 2.78. The molecule has 0 aromatic carbocycles. The molecule has 0 saturated carbocycles. The van der Waals surface area contributed by atoms with Gasteiger partial charge in [-0.2, -0.15) is 0 Å². The van der Waals surface area contributed by atoms with Crippen molar-refractivity contribution in [2.45, 2.75) is 6.36 Å². The minimum absolute atomic E-state index is 0.266. The number of alkyl halides is 3. The Balaban J connectivity index is 2.72. The molecule has 0 amide bonds. The van der Waals surface area contributed by atoms with Gasteiger partial charge >= 0.3 is 6.36 Å². The second-order valence-electron chi connectivity index (χ2n) is 1.91. The maximum Gasteiger partial charge on any atom is 0.574 e. The first-order valence-corrected chi connectivity index (χ1v) is 2.78. The molecule has 0 aliphatic heterocycles. The Kier molecular flexibility index (Phi) is 1.80. The Bertz CT molecular complexity index is 240. The Morgan fingerprint density at radius 3 is 2.55 bits per heavy atom. The summed E-state index contributed by atoms with van der Waals surface area (Å²) < 4.78 is 39.4. The third kappa shape index (κ3) is 2.18. The van der Waals surface area contributed by atoms with Crippen LogP contribution >= 0.6 is 0 Å². The van der Waals surface area contributed by atoms with Crippen molar-refractivity contribution in [1.29, 1.82) is 0 Å². The molecule has 2 nitrogen and oxygen atoms in total. The molecule has 61 valence electrons. The van der Waals surface area contributed by atoms with Crippen molar-refractivity contribution < 1.29 is 17.9 Å². The van der Waals surface area contributed by atoms with Gasteiger partial charge in [0.2, 0.25) is 5.88 Å². The predicted octanol–water partition coefficient (Wildman–Crippen LogP) is 1.72. The Morgan fingerprint density at radius 2 is 2.18 bits per heavy atom. The lowest BCUT2D eigenvalue weighted by Gasteiger charge is -2.08. The molecule has 0 atom stereocenters. The van der Waals surface area contributed by atoms with Gasteiger partial charge in [0.05, 0.1) is 6.20 Å². The van der Waals surface area contributed by atoms with E-state index in [1.807, 2.05) is 0 Å². The molecule has 0 fully saturated rings. The number of aromatic nitrogens is 1. The summed E-state index contributed by atoms with van der Waals surface area (Å²) in [6.45, 7) is 0. The standard InChI is InChI=1S/C6H5F3NO/c1-10-4-2-3-5(10)11-6(7,8)9/h2-3H,1H3. The van der Waals surface area contributed by atoms with Crippen molar-refractivity contribution in [2.24, 2.45) is 7.05 Å². The Morgan fingerprint density at radius 1 is 1.55 bits per heavy atom. The average molecular weight is 164 g/mol. The van der Waals surface area contributed by atoms with Crippen molar-refractivity contribution in [1.82, 2.24) is 4.57 Å². The van der Waals surface area contributed by atoms with Crippen LogP contribution in [-0.2, 0) is 7.05 Å². The first kappa shape index (κ1) is 7.97. The van der Waals surface area contributed by atoms with Gasteiger partial charge in [0.25, 0.3) is 0 Å². The van der Waals surface area contributed by atoms with Crippen molar-refractivity contribution in [3.8, 4) is 5.88 Å². The highest BCUT2D eigenvalue weighted by Gasteiger charge is 2.31. The van der Waals surface area contributed by atoms with Crippen LogP contribution in [0.4, 0.5) is 13.2 Å². The molecule has 1 radical (unpaired) electrons. The highest BCUT2D eigenvalue weighted by molar-refractivity contribution is 5.11. The van der Waals surface area contributed by atoms with Gasteiger partial charge in [0.1, 0.15) is 0 Å². The number of rotatable bonds is 1. The summed E-state index contributed by atoms with van der Waals surface area (Å²) in [6, 6.07) is 2.54. The van der Waals surface area contributed by atoms with Gasteiger partial charge in [-0.05, 0) is 6.07 Å². The molecule has 1 aromatic rings. The summed E-state index contributed by atoms with van der Waals surface area (Å²) in [5.74, 6) is -0.266. The van der Waals surface area contributed by atoms with Crippen molar-refractivity contribution in [2.75, 3.05) is 0 Å². The molecule has 0 N–H and O–H groups in total. The Labute approximate surface area is 61.2 Å². The third-order valence-corrected chi connectivity index (χ3v) is 1.04. The van der Waals surface area contributed by atoms with Crippen LogP contribution in [0.15, 0.2) is 12.1 Å². The molecule has 0 bridgehead atoms. The lowest BCUT2D eigenvalue weighted by atomic mass is 10.6. The van der Waals surface area contributed by atoms with Gasteiger partial charge in [-0.25, -0.2) is 0 Å². The van der Waals surface area contributed by atoms with E-state index in [0.717, 1.165) is 4.57 Å². The number of ether oxygens (including phenoxy) is 1. The van der Waals surface area contributed by atoms with E-state index in [1.54, 1.807) is 0 Å². The maximum absolute atomic E-state index is 11.5. The van der Waals surface area contributed by atoms with Gasteiger partial charge in [0.15, 0.2) is 0 Å². The van der Waals surface area contributed by atoms with Crippen LogP contribution in [0.25, 0.3) is 0 Å². The molecule has 0 unspecified atom stereocenters. The van der Waals surface area contributed by atoms with Crippen LogP contribution in [0.5, 0.6) is 5.88 Å². The fourth-order valence-corrected chi connectivity index (χ4v) is 0.617. The molecule has 5 heteroatoms. The summed E-state index contributed by atoms with van der Waals surface area (Å²) in [6.07, 6.45) is -2.14. The number of aryl methyl sites for hydroxylation is 1. The smallest absolute Gasteiger partial charge is 0.390 e. The minimum Gasteiger partial charge on any atom is -0.390 e. The van der Waals surface area contributed by atoms with E-state index in [0.29, 0.717) is 0 Å². The summed E-state index contributed by atoms with van der Waals surface area (Å²) >= 11 is 0. The maximum atomic E-state index is 11.5. The van der Waals surface area contributed by atoms with Gasteiger partial charge in [-0.3, -0.25) is 0 Å². The predicted molar refractivity (Wildman–Crippen MR) is 30.9 cm³/mol. The van der Waals surface area contributed by atoms with Crippen LogP contribution in [-0.4, -0.2) is 10.9 Å². The zero-order valence-electron chi connectivity index (χ0n) is 5.64. The van der Waals surface area contributed by atoms with Crippen LogP contribution in [0.3, 0.4) is 0 Å². The molecule has 0 aliphatic carbocycles. The molecule has 1 aromatic heterocycles. The second kappa shape index (κ2) is 2.48. The van der Waals surface area contributed by atoms with Crippen molar-refractivity contribution in [3.63, 3.8) is 0 Å². The fourth-order valence-electron chi connectivity index (χ4n) is 0.617. The monoisotopic (exact) mass is 164 g/mol. The number of hydrogen-bond donors (Lipinski definition) is 0. The van der Waals surface area contributed by atoms with Gasteiger partial charge in [0, 0.05) is 13.1 Å². The summed E-state index contributed by atoms with van der Waals surface area (Å²) in [5, 5.41) is 0. The number of hydrogen-bond acceptors (Lipinski definition) is 1. The molecular formula is C6H5F3NO. The minimum atomic E-state index is -4.63. The van der Waals surface area contributed by atoms with E-state index in [4.69, 9.17) is 0 Å². The molecular weight excluding hydrogens is 159 g/mol. The second-order valence-corrected chi connectivity index (χ2v) is 1.91. The van der Waals surface area contributed by atoms with Gasteiger partial charge in [-0.1, -0.05) is 0 Å². The third-order valence-electron chi connectivity index (χ3n) is 1.04. The summed E-state index contributed by atoms with van der Waals surface area (Å²) in [4.78, 5) is 0. The number of halogens is 3. The van der Waals surface area contributed by atoms with E-state index >= 15 is 0 Å². The van der Waals surface area contributed by atoms with Crippen LogP contribution < -0.4 is 4.74 Å². The molecule has 1 heterocycles. The van der Waals surface area contributed by atoms with E-state index in [-0.39, 0.29) is 5.88 Å². The highest BCUT2D eigenvalue weighted by Crippen LogP contribution is 2.21. The van der Waals surface area contributed by atoms with Gasteiger partial charge < -0.3 is 9.30 Å². The van der Waals surface area contributed by atoms with E-state index in [2.05, 4.69) is 10.9 Å². The quantitative estimate of drug-likeness (QED) is 0.616. The van der Waals surface area contributed by atoms with Crippen LogP contribution in [0, 0.1) is 6.20 Å². The topological polar surface area (TPSA) is 14.2 Å². The summed E-state index contributed by atoms with van der Waals surface area (Å²) in [7, 11) is 1.42. The average Bonchev–Trinajstić information content (AvgIpc) is 2.12. The summed E-state index contributed by atoms with van der Waals surface area (Å²) in [5.41, 5.74) is 0.